The van der Waals surface area contributed by atoms with Crippen molar-refractivity contribution in [3.8, 4) is 28.1 Å². The summed E-state index contributed by atoms with van der Waals surface area (Å²) < 4.78 is 25.9. The number of halogens is 1. The third-order valence-corrected chi connectivity index (χ3v) is 20.4. The number of rotatable bonds is 42. The van der Waals surface area contributed by atoms with Gasteiger partial charge in [0.25, 0.3) is 0 Å². The summed E-state index contributed by atoms with van der Waals surface area (Å²) in [5.74, 6) is -15.7. The average molecular weight is 1660 g/mol. The van der Waals surface area contributed by atoms with Gasteiger partial charge in [0.2, 0.25) is 65.0 Å². The van der Waals surface area contributed by atoms with Crippen LogP contribution in [0.3, 0.4) is 0 Å². The van der Waals surface area contributed by atoms with Crippen LogP contribution in [0, 0.1) is 12.7 Å². The maximum Gasteiger partial charge on any atom is 0.407 e. The number of nitrogens with one attached hydrogen (secondary N) is 12. The van der Waals surface area contributed by atoms with E-state index in [1.807, 2.05) is 50.2 Å². The van der Waals surface area contributed by atoms with Crippen molar-refractivity contribution in [3.63, 3.8) is 0 Å². The number of carboxylic acids is 2. The topological polar surface area (TPSA) is 558 Å². The van der Waals surface area contributed by atoms with Crippen LogP contribution in [0.4, 0.5) is 9.18 Å². The molecule has 0 radical (unpaired) electrons. The number of carbonyl (C=O) groups is 14. The Morgan fingerprint density at radius 2 is 1.22 bits per heavy atom. The summed E-state index contributed by atoms with van der Waals surface area (Å²) >= 11 is 0. The molecule has 120 heavy (non-hydrogen) atoms. The lowest BCUT2D eigenvalue weighted by atomic mass is 9.90. The van der Waals surface area contributed by atoms with Gasteiger partial charge in [-0.25, -0.2) is 19.2 Å². The van der Waals surface area contributed by atoms with Gasteiger partial charge < -0.3 is 104 Å². The van der Waals surface area contributed by atoms with Gasteiger partial charge in [0.1, 0.15) is 71.0 Å². The third-order valence-electron chi connectivity index (χ3n) is 20.4. The van der Waals surface area contributed by atoms with Gasteiger partial charge in [-0.05, 0) is 124 Å². The van der Waals surface area contributed by atoms with Crippen molar-refractivity contribution in [3.05, 3.63) is 179 Å². The first kappa shape index (κ1) is 92.0. The number of likely N-dealkylation sites (tertiary alicyclic amines) is 1. The number of primary amides is 1. The zero-order chi connectivity index (χ0) is 87.7. The lowest BCUT2D eigenvalue weighted by Gasteiger charge is -2.37. The minimum absolute atomic E-state index is 0.0139. The minimum Gasteiger partial charge on any atom is -0.497 e. The molecule has 640 valence electrons. The fourth-order valence-electron chi connectivity index (χ4n) is 13.6. The molecular formula is C82H100FN17O20. The number of methoxy groups -OCH3 is 2. The molecule has 3 aromatic heterocycles. The number of carboxylic acid groups (broad SMARTS) is 2. The normalized spacial score (nSPS) is 16.0. The number of amides is 12. The molecule has 12 atom stereocenters. The van der Waals surface area contributed by atoms with Crippen molar-refractivity contribution in [1.82, 2.24) is 83.0 Å². The minimum atomic E-state index is -2.44. The van der Waals surface area contributed by atoms with E-state index in [9.17, 15) is 87.5 Å². The van der Waals surface area contributed by atoms with Crippen molar-refractivity contribution in [2.45, 2.75) is 184 Å². The molecule has 18 N–H and O–H groups in total. The number of aromatic nitrogens is 5. The quantitative estimate of drug-likeness (QED) is 0.0247. The Morgan fingerprint density at radius 1 is 0.625 bits per heavy atom. The van der Waals surface area contributed by atoms with Crippen LogP contribution in [0.1, 0.15) is 106 Å². The molecule has 38 heteroatoms. The highest BCUT2D eigenvalue weighted by atomic mass is 19.1. The number of ether oxygens (including phenoxy) is 2. The van der Waals surface area contributed by atoms with Crippen LogP contribution < -0.4 is 63.6 Å². The number of aliphatic carboxylic acids is 2. The number of nitrogens with two attached hydrogens (primary N) is 1. The first-order valence-corrected chi connectivity index (χ1v) is 38.5. The fourth-order valence-corrected chi connectivity index (χ4v) is 13.6. The molecule has 4 aromatic carbocycles. The molecule has 0 spiro atoms. The SMILES string of the molecule is CCc1cc(OC)ccc1-c1ccc(C[C@H](NC(=O)[C@H](CC(=O)O)NC(=O)[C@H](Cc2c[nH]cn2)NC(=O)[C@@H](NC(=O)C(C)(Cc2ccccc2F)NC(=O)[C@@H](NC(=O)CNC(=O)[C@H](CCC(=O)O)NC(=O)C2(C)CCCN2C(=O)C(Cc2c[nH]cn2)NC(=O)OC)[C@@H](C)O)[C@@H](C)O)C(=O)N[C@@H](Cc2ccc(-c3ccccc3C)nc2)C(N)=O)cc1. The van der Waals surface area contributed by atoms with Gasteiger partial charge in [0.05, 0.1) is 69.1 Å². The Balaban J connectivity index is 0.988. The summed E-state index contributed by atoms with van der Waals surface area (Å²) in [5, 5.41) is 66.4. The number of imidazole rings is 2. The number of pyridine rings is 1. The summed E-state index contributed by atoms with van der Waals surface area (Å²) in [5.41, 5.74) is 8.04. The van der Waals surface area contributed by atoms with Crippen LogP contribution in [0.15, 0.2) is 134 Å². The number of aromatic amines is 2. The second-order valence-corrected chi connectivity index (χ2v) is 29.4. The monoisotopic (exact) mass is 1660 g/mol. The van der Waals surface area contributed by atoms with Crippen molar-refractivity contribution >= 4 is 83.0 Å². The number of alkyl carbamates (subject to hydrolysis) is 1. The Hall–Kier alpha value is -13.5. The zero-order valence-electron chi connectivity index (χ0n) is 67.2. The summed E-state index contributed by atoms with van der Waals surface area (Å²) in [6.07, 6.45) is -1.10. The number of H-pyrrole nitrogens is 2. The highest BCUT2D eigenvalue weighted by Gasteiger charge is 2.49. The number of carbonyl (C=O) groups excluding carboxylic acids is 12. The largest absolute Gasteiger partial charge is 0.497 e. The van der Waals surface area contributed by atoms with Crippen LogP contribution in [-0.2, 0) is 106 Å². The predicted molar refractivity (Wildman–Crippen MR) is 428 cm³/mol. The van der Waals surface area contributed by atoms with Gasteiger partial charge in [-0.1, -0.05) is 85.8 Å². The number of hydrogen-bond acceptors (Lipinski definition) is 21. The second-order valence-electron chi connectivity index (χ2n) is 29.4. The molecule has 0 bridgehead atoms. The lowest BCUT2D eigenvalue weighted by molar-refractivity contribution is -0.146. The maximum absolute atomic E-state index is 15.7. The highest BCUT2D eigenvalue weighted by molar-refractivity contribution is 6.01. The molecule has 1 saturated heterocycles. The first-order valence-electron chi connectivity index (χ1n) is 38.5. The summed E-state index contributed by atoms with van der Waals surface area (Å²) in [4.78, 5) is 214. The molecule has 37 nitrogen and oxygen atoms in total. The van der Waals surface area contributed by atoms with E-state index in [-0.39, 0.29) is 49.9 Å². The molecule has 0 saturated carbocycles. The Kier molecular flexibility index (Phi) is 32.6. The number of aryl methyl sites for hydroxylation is 2. The van der Waals surface area contributed by atoms with E-state index in [0.717, 1.165) is 61.8 Å². The molecular weight excluding hydrogens is 1560 g/mol. The molecule has 8 rings (SSSR count). The van der Waals surface area contributed by atoms with Crippen LogP contribution in [0.5, 0.6) is 5.75 Å². The van der Waals surface area contributed by atoms with Crippen LogP contribution in [0.25, 0.3) is 22.4 Å². The van der Waals surface area contributed by atoms with E-state index in [1.54, 1.807) is 49.6 Å². The summed E-state index contributed by atoms with van der Waals surface area (Å²) in [7, 11) is 2.63. The van der Waals surface area contributed by atoms with Gasteiger partial charge in [-0.3, -0.25) is 67.3 Å². The van der Waals surface area contributed by atoms with Crippen molar-refractivity contribution in [1.29, 1.82) is 0 Å². The Labute approximate surface area is 688 Å². The molecule has 7 aromatic rings. The molecule has 0 aliphatic carbocycles. The second kappa shape index (κ2) is 42.6. The molecule has 1 aliphatic heterocycles. The van der Waals surface area contributed by atoms with Gasteiger partial charge in [-0.2, -0.15) is 0 Å². The van der Waals surface area contributed by atoms with Crippen molar-refractivity contribution in [2.24, 2.45) is 5.73 Å². The smallest absolute Gasteiger partial charge is 0.407 e. The third kappa shape index (κ3) is 25.3. The van der Waals surface area contributed by atoms with E-state index in [0.29, 0.717) is 34.7 Å². The average Bonchev–Trinajstić information content (AvgIpc) is 1.64. The highest BCUT2D eigenvalue weighted by Crippen LogP contribution is 2.32. The Bertz CT molecular complexity index is 4820. The molecule has 1 aliphatic rings. The number of nitrogens with zero attached hydrogens (tertiary/aromatic N) is 4. The molecule has 4 heterocycles. The Morgan fingerprint density at radius 3 is 1.80 bits per heavy atom. The van der Waals surface area contributed by atoms with E-state index in [2.05, 4.69) is 78.1 Å². The molecule has 1 fully saturated rings. The predicted octanol–water partition coefficient (Wildman–Crippen LogP) is 0.470. The molecule has 12 amide bonds. The van der Waals surface area contributed by atoms with E-state index < -0.39 is 199 Å². The lowest BCUT2D eigenvalue weighted by Crippen LogP contribution is -2.67. The van der Waals surface area contributed by atoms with Crippen LogP contribution in [0.2, 0.25) is 0 Å². The standard InChI is InChI=1S/C82H100FN17O20/c1-9-49-33-54(119-7)24-25-56(49)50-22-19-47(20-23-50)31-61(72(110)91-60(70(84)108)32-48-21-26-58(87-38-48)55-17-12-10-15-44(55)2)92-74(112)63(36-67(106)107)93-73(111)62(34-52-39-85-42-89-52)94-75(113)68(45(3)101)98-78(116)81(5,37-51-16-11-13-18-57(51)83)99-76(114)69(46(4)102)97-65(103)41-88-71(109)59(27-28-66(104)105)95-79(117)82(6)29-14-30-100(82)77(115)64(96-80(118)120-8)35-53-40-86-43-90-53/h10-13,15-26,33,38-40,42-43,45-46,59-64,68-69,101-102H,9,14,27-32,34-37,41H2,1-8H3,(H2,84,108)(H,85,89)(H,86,90)(H,88,109)(H,91,110)(H,92,112)(H,93,111)(H,94,113)(H,95,117)(H,96,118)(H,97,103)(H,98,116)(H,99,114)(H,104,105)(H,106,107)/t45-,46-,59+,60+,61+,62+,63+,64?,68+,69+,81?,82?/m1/s1. The summed E-state index contributed by atoms with van der Waals surface area (Å²) in [6.45, 7) is 7.46. The number of hydrogen-bond donors (Lipinski definition) is 17. The van der Waals surface area contributed by atoms with Gasteiger partial charge in [0, 0.05) is 69.2 Å². The number of aliphatic hydroxyl groups excluding tert-OH is 2. The van der Waals surface area contributed by atoms with E-state index >= 15 is 4.39 Å². The van der Waals surface area contributed by atoms with Crippen molar-refractivity contribution in [2.75, 3.05) is 27.3 Å². The van der Waals surface area contributed by atoms with Gasteiger partial charge >= 0.3 is 18.0 Å². The zero-order valence-corrected chi connectivity index (χ0v) is 67.2. The van der Waals surface area contributed by atoms with E-state index in [1.165, 1.54) is 61.3 Å². The van der Waals surface area contributed by atoms with Gasteiger partial charge in [0.15, 0.2) is 0 Å². The van der Waals surface area contributed by atoms with Crippen LogP contribution in [-0.4, -0.2) is 232 Å². The first-order chi connectivity index (χ1) is 57.0. The number of aliphatic hydroxyl groups is 2. The van der Waals surface area contributed by atoms with Crippen LogP contribution >= 0.6 is 0 Å². The number of benzene rings is 4. The van der Waals surface area contributed by atoms with Crippen molar-refractivity contribution < 1.29 is 101 Å². The van der Waals surface area contributed by atoms with Gasteiger partial charge in [-0.15, -0.1) is 0 Å². The molecule has 3 unspecified atom stereocenters. The summed E-state index contributed by atoms with van der Waals surface area (Å²) in [6, 6.07) is 14.4. The fraction of sp³-hybridized carbons (Fsp3) is 0.402. The maximum atomic E-state index is 15.7. The van der Waals surface area contributed by atoms with E-state index in [4.69, 9.17) is 15.2 Å².